The Labute approximate surface area is 73.0 Å². The van der Waals surface area contributed by atoms with Crippen molar-refractivity contribution in [2.24, 2.45) is 0 Å². The minimum atomic E-state index is 0.455. The van der Waals surface area contributed by atoms with Gasteiger partial charge in [0, 0.05) is 13.1 Å². The molecular formula is C7H18N2O3. The van der Waals surface area contributed by atoms with Crippen molar-refractivity contribution in [3.8, 4) is 0 Å². The molecule has 0 aromatic heterocycles. The number of hydrogen-bond donors (Lipinski definition) is 3. The minimum absolute atomic E-state index is 0.455. The Bertz CT molecular complexity index is 73.1. The number of rotatable bonds is 9. The van der Waals surface area contributed by atoms with Crippen LogP contribution >= 0.6 is 0 Å². The van der Waals surface area contributed by atoms with Crippen LogP contribution in [0, 0.1) is 0 Å². The summed E-state index contributed by atoms with van der Waals surface area (Å²) in [6.45, 7) is 3.71. The van der Waals surface area contributed by atoms with Crippen molar-refractivity contribution in [1.29, 1.82) is 0 Å². The second-order valence-corrected chi connectivity index (χ2v) is 2.24. The molecule has 0 aliphatic carbocycles. The van der Waals surface area contributed by atoms with Crippen LogP contribution in [0.4, 0.5) is 0 Å². The summed E-state index contributed by atoms with van der Waals surface area (Å²) in [5.41, 5.74) is 2.00. The smallest absolute Gasteiger partial charge is 0.0701 e. The van der Waals surface area contributed by atoms with Crippen LogP contribution in [0.5, 0.6) is 0 Å². The Balaban J connectivity index is 2.73. The molecular weight excluding hydrogens is 160 g/mol. The predicted molar refractivity (Wildman–Crippen MR) is 45.4 cm³/mol. The summed E-state index contributed by atoms with van der Waals surface area (Å²) < 4.78 is 10.3. The van der Waals surface area contributed by atoms with E-state index >= 15 is 0 Å². The molecule has 3 N–H and O–H groups in total. The molecule has 0 unspecified atom stereocenters. The number of ether oxygens (including phenoxy) is 2. The van der Waals surface area contributed by atoms with Gasteiger partial charge in [-0.15, -0.1) is 0 Å². The third kappa shape index (κ3) is 9.80. The SMILES string of the molecule is CNCCOCCOCCNO. The number of hydroxylamine groups is 1. The van der Waals surface area contributed by atoms with Crippen LogP contribution in [0.2, 0.25) is 0 Å². The van der Waals surface area contributed by atoms with Crippen LogP contribution in [0.3, 0.4) is 0 Å². The standard InChI is InChI=1S/C7H18N2O3/c1-8-2-4-11-6-7-12-5-3-9-10/h8-10H,2-7H2,1H3. The molecule has 0 radical (unpaired) electrons. The molecule has 0 aliphatic rings. The minimum Gasteiger partial charge on any atom is -0.378 e. The first-order chi connectivity index (χ1) is 5.91. The summed E-state index contributed by atoms with van der Waals surface area (Å²) in [7, 11) is 1.88. The number of likely N-dealkylation sites (N-methyl/N-ethyl adjacent to an activating group) is 1. The van der Waals surface area contributed by atoms with Crippen molar-refractivity contribution >= 4 is 0 Å². The van der Waals surface area contributed by atoms with E-state index in [2.05, 4.69) is 5.32 Å². The van der Waals surface area contributed by atoms with E-state index in [0.29, 0.717) is 33.0 Å². The van der Waals surface area contributed by atoms with Gasteiger partial charge in [0.2, 0.25) is 0 Å². The highest BCUT2D eigenvalue weighted by Crippen LogP contribution is 1.76. The summed E-state index contributed by atoms with van der Waals surface area (Å²) in [5.74, 6) is 0. The van der Waals surface area contributed by atoms with Gasteiger partial charge in [0.25, 0.3) is 0 Å². The van der Waals surface area contributed by atoms with Crippen LogP contribution in [-0.2, 0) is 9.47 Å². The van der Waals surface area contributed by atoms with Crippen LogP contribution in [0.25, 0.3) is 0 Å². The van der Waals surface area contributed by atoms with Gasteiger partial charge in [-0.2, -0.15) is 0 Å². The molecule has 5 heteroatoms. The summed E-state index contributed by atoms with van der Waals surface area (Å²) in [6, 6.07) is 0. The van der Waals surface area contributed by atoms with E-state index in [1.807, 2.05) is 12.5 Å². The molecule has 0 heterocycles. The summed E-state index contributed by atoms with van der Waals surface area (Å²) >= 11 is 0. The highest BCUT2D eigenvalue weighted by Gasteiger charge is 1.88. The number of hydrogen-bond acceptors (Lipinski definition) is 5. The van der Waals surface area contributed by atoms with Gasteiger partial charge in [0.15, 0.2) is 0 Å². The molecule has 0 atom stereocenters. The largest absolute Gasteiger partial charge is 0.378 e. The Morgan fingerprint density at radius 1 is 1.00 bits per heavy atom. The normalized spacial score (nSPS) is 10.5. The zero-order valence-electron chi connectivity index (χ0n) is 7.51. The molecule has 0 fully saturated rings. The van der Waals surface area contributed by atoms with Gasteiger partial charge in [0.05, 0.1) is 26.4 Å². The van der Waals surface area contributed by atoms with Crippen molar-refractivity contribution < 1.29 is 14.7 Å². The number of nitrogens with one attached hydrogen (secondary N) is 2. The Morgan fingerprint density at radius 2 is 1.58 bits per heavy atom. The zero-order valence-corrected chi connectivity index (χ0v) is 7.51. The summed E-state index contributed by atoms with van der Waals surface area (Å²) in [6.07, 6.45) is 0. The van der Waals surface area contributed by atoms with Crippen LogP contribution in [0.15, 0.2) is 0 Å². The van der Waals surface area contributed by atoms with Crippen LogP contribution in [0.1, 0.15) is 0 Å². The lowest BCUT2D eigenvalue weighted by molar-refractivity contribution is 0.0382. The molecule has 0 amide bonds. The third-order valence-corrected chi connectivity index (χ3v) is 1.23. The first kappa shape index (κ1) is 11.8. The molecule has 0 bridgehead atoms. The molecule has 0 aliphatic heterocycles. The summed E-state index contributed by atoms with van der Waals surface area (Å²) in [4.78, 5) is 0. The maximum atomic E-state index is 8.17. The monoisotopic (exact) mass is 178 g/mol. The van der Waals surface area contributed by atoms with Crippen molar-refractivity contribution in [3.05, 3.63) is 0 Å². The molecule has 5 nitrogen and oxygen atoms in total. The van der Waals surface area contributed by atoms with Crippen molar-refractivity contribution in [2.45, 2.75) is 0 Å². The molecule has 0 rings (SSSR count). The quantitative estimate of drug-likeness (QED) is 0.319. The predicted octanol–water partition coefficient (Wildman–Crippen LogP) is -0.782. The highest BCUT2D eigenvalue weighted by molar-refractivity contribution is 4.37. The molecule has 0 saturated heterocycles. The van der Waals surface area contributed by atoms with E-state index in [4.69, 9.17) is 14.7 Å². The van der Waals surface area contributed by atoms with Crippen molar-refractivity contribution in [1.82, 2.24) is 10.8 Å². The van der Waals surface area contributed by atoms with Crippen molar-refractivity contribution in [3.63, 3.8) is 0 Å². The average Bonchev–Trinajstić information content (AvgIpc) is 2.10. The lowest BCUT2D eigenvalue weighted by Crippen LogP contribution is -2.18. The van der Waals surface area contributed by atoms with E-state index in [0.717, 1.165) is 6.54 Å². The fraction of sp³-hybridized carbons (Fsp3) is 1.00. The third-order valence-electron chi connectivity index (χ3n) is 1.23. The van der Waals surface area contributed by atoms with Gasteiger partial charge in [-0.1, -0.05) is 0 Å². The molecule has 0 spiro atoms. The Morgan fingerprint density at radius 3 is 2.08 bits per heavy atom. The maximum absolute atomic E-state index is 8.17. The van der Waals surface area contributed by atoms with Gasteiger partial charge < -0.3 is 20.0 Å². The van der Waals surface area contributed by atoms with Gasteiger partial charge >= 0.3 is 0 Å². The molecule has 12 heavy (non-hydrogen) atoms. The van der Waals surface area contributed by atoms with E-state index < -0.39 is 0 Å². The second-order valence-electron chi connectivity index (χ2n) is 2.24. The van der Waals surface area contributed by atoms with Gasteiger partial charge in [-0.05, 0) is 7.05 Å². The topological polar surface area (TPSA) is 62.8 Å². The average molecular weight is 178 g/mol. The van der Waals surface area contributed by atoms with Crippen molar-refractivity contribution in [2.75, 3.05) is 46.6 Å². The second kappa shape index (κ2) is 10.8. The highest BCUT2D eigenvalue weighted by atomic mass is 16.5. The van der Waals surface area contributed by atoms with E-state index in [1.54, 1.807) is 0 Å². The molecule has 0 saturated carbocycles. The van der Waals surface area contributed by atoms with Gasteiger partial charge in [-0.3, -0.25) is 0 Å². The van der Waals surface area contributed by atoms with Gasteiger partial charge in [-0.25, -0.2) is 5.48 Å². The fourth-order valence-electron chi connectivity index (χ4n) is 0.614. The first-order valence-electron chi connectivity index (χ1n) is 4.09. The lowest BCUT2D eigenvalue weighted by Gasteiger charge is -2.04. The van der Waals surface area contributed by atoms with Crippen LogP contribution < -0.4 is 10.8 Å². The van der Waals surface area contributed by atoms with E-state index in [9.17, 15) is 0 Å². The Kier molecular flexibility index (Phi) is 10.6. The van der Waals surface area contributed by atoms with Gasteiger partial charge in [0.1, 0.15) is 0 Å². The molecule has 0 aromatic carbocycles. The summed E-state index contributed by atoms with van der Waals surface area (Å²) in [5, 5.41) is 11.1. The first-order valence-corrected chi connectivity index (χ1v) is 4.09. The van der Waals surface area contributed by atoms with E-state index in [-0.39, 0.29) is 0 Å². The fourth-order valence-corrected chi connectivity index (χ4v) is 0.614. The van der Waals surface area contributed by atoms with Crippen LogP contribution in [-0.4, -0.2) is 51.8 Å². The lowest BCUT2D eigenvalue weighted by atomic mass is 10.6. The molecule has 74 valence electrons. The Hall–Kier alpha value is -0.200. The zero-order chi connectivity index (χ0) is 9.07. The van der Waals surface area contributed by atoms with E-state index in [1.165, 1.54) is 0 Å². The maximum Gasteiger partial charge on any atom is 0.0701 e. The molecule has 0 aromatic rings.